The van der Waals surface area contributed by atoms with E-state index in [0.717, 1.165) is 24.3 Å². The molecule has 0 radical (unpaired) electrons. The minimum Gasteiger partial charge on any atom is -0.496 e. The summed E-state index contributed by atoms with van der Waals surface area (Å²) in [5.41, 5.74) is 4.27. The van der Waals surface area contributed by atoms with Crippen LogP contribution >= 0.6 is 0 Å². The van der Waals surface area contributed by atoms with Gasteiger partial charge in [0.1, 0.15) is 5.75 Å². The summed E-state index contributed by atoms with van der Waals surface area (Å²) in [5.74, 6) is 0.672. The molecule has 0 saturated carbocycles. The summed E-state index contributed by atoms with van der Waals surface area (Å²) < 4.78 is 5.40. The maximum atomic E-state index is 11.7. The van der Waals surface area contributed by atoms with Crippen LogP contribution in [-0.4, -0.2) is 52.9 Å². The predicted molar refractivity (Wildman–Crippen MR) is 90.2 cm³/mol. The third-order valence-corrected chi connectivity index (χ3v) is 3.45. The highest BCUT2D eigenvalue weighted by molar-refractivity contribution is 5.86. The van der Waals surface area contributed by atoms with Crippen LogP contribution in [0.4, 0.5) is 5.69 Å². The molecule has 128 valence electrons. The highest BCUT2D eigenvalue weighted by Crippen LogP contribution is 2.24. The second-order valence-electron chi connectivity index (χ2n) is 4.90. The van der Waals surface area contributed by atoms with Gasteiger partial charge < -0.3 is 9.64 Å². The molecule has 0 aliphatic carbocycles. The zero-order chi connectivity index (χ0) is 17.4. The molecular formula is C15H21N7O2. The molecule has 1 heterocycles. The number of nitrogens with zero attached hydrogens (tertiary/aromatic N) is 5. The predicted octanol–water partition coefficient (Wildman–Crippen LogP) is 0.747. The Balaban J connectivity index is 2.01. The van der Waals surface area contributed by atoms with Gasteiger partial charge in [0, 0.05) is 30.4 Å². The molecule has 0 bridgehead atoms. The Bertz CT molecular complexity index is 681. The van der Waals surface area contributed by atoms with Crippen molar-refractivity contribution in [3.63, 3.8) is 0 Å². The molecule has 2 rings (SSSR count). The average molecular weight is 331 g/mol. The average Bonchev–Trinajstić information content (AvgIpc) is 3.09. The number of methoxy groups -OCH3 is 1. The topological polar surface area (TPSA) is 108 Å². The lowest BCUT2D eigenvalue weighted by Crippen LogP contribution is -2.22. The minimum absolute atomic E-state index is 0.00583. The lowest BCUT2D eigenvalue weighted by Gasteiger charge is -2.21. The first kappa shape index (κ1) is 17.4. The molecule has 0 spiro atoms. The van der Waals surface area contributed by atoms with Crippen LogP contribution in [0.3, 0.4) is 0 Å². The maximum absolute atomic E-state index is 11.7. The molecule has 0 atom stereocenters. The molecule has 1 amide bonds. The molecule has 1 aromatic heterocycles. The van der Waals surface area contributed by atoms with Crippen LogP contribution in [0.15, 0.2) is 23.3 Å². The van der Waals surface area contributed by atoms with E-state index in [-0.39, 0.29) is 12.3 Å². The summed E-state index contributed by atoms with van der Waals surface area (Å²) in [5, 5.41) is 17.0. The molecule has 0 saturated heterocycles. The number of amides is 1. The van der Waals surface area contributed by atoms with Gasteiger partial charge in [-0.2, -0.15) is 10.3 Å². The number of anilines is 1. The van der Waals surface area contributed by atoms with Gasteiger partial charge in [0.05, 0.1) is 19.7 Å². The summed E-state index contributed by atoms with van der Waals surface area (Å²) in [6.07, 6.45) is 1.55. The van der Waals surface area contributed by atoms with Crippen molar-refractivity contribution in [2.45, 2.75) is 20.3 Å². The first-order valence-corrected chi connectivity index (χ1v) is 7.65. The molecule has 9 nitrogen and oxygen atoms in total. The number of aromatic amines is 1. The molecule has 0 aliphatic rings. The number of hydrogen-bond donors (Lipinski definition) is 2. The van der Waals surface area contributed by atoms with Crippen molar-refractivity contribution in [3.05, 3.63) is 29.6 Å². The smallest absolute Gasteiger partial charge is 0.247 e. The van der Waals surface area contributed by atoms with E-state index in [9.17, 15) is 4.79 Å². The molecule has 0 aliphatic heterocycles. The molecular weight excluding hydrogens is 310 g/mol. The number of carbonyl (C=O) groups is 1. The lowest BCUT2D eigenvalue weighted by atomic mass is 10.2. The van der Waals surface area contributed by atoms with E-state index in [1.54, 1.807) is 13.3 Å². The Kier molecular flexibility index (Phi) is 6.23. The van der Waals surface area contributed by atoms with Gasteiger partial charge >= 0.3 is 0 Å². The monoisotopic (exact) mass is 331 g/mol. The summed E-state index contributed by atoms with van der Waals surface area (Å²) in [7, 11) is 1.60. The number of H-pyrrole nitrogens is 1. The van der Waals surface area contributed by atoms with Crippen LogP contribution in [0.1, 0.15) is 25.2 Å². The first-order chi connectivity index (χ1) is 11.7. The minimum atomic E-state index is -0.327. The molecule has 2 aromatic rings. The third-order valence-electron chi connectivity index (χ3n) is 3.45. The van der Waals surface area contributed by atoms with Crippen LogP contribution in [0.2, 0.25) is 0 Å². The van der Waals surface area contributed by atoms with Crippen LogP contribution in [0.5, 0.6) is 5.75 Å². The zero-order valence-electron chi connectivity index (χ0n) is 14.0. The van der Waals surface area contributed by atoms with E-state index in [1.807, 2.05) is 18.2 Å². The Morgan fingerprint density at radius 2 is 2.21 bits per heavy atom. The second kappa shape index (κ2) is 8.61. The Morgan fingerprint density at radius 3 is 2.83 bits per heavy atom. The standard InChI is InChI=1S/C15H21N7O2/c1-4-22(5-2)12-7-6-11(13(8-12)24-3)10-16-19-15(23)9-14-17-20-21-18-14/h6-8,10H,4-5,9H2,1-3H3,(H,19,23)(H,17,18,20,21)/b16-10-. The van der Waals surface area contributed by atoms with E-state index in [2.05, 4.69) is 49.9 Å². The number of carbonyl (C=O) groups excluding carboxylic acids is 1. The molecule has 0 unspecified atom stereocenters. The molecule has 1 aromatic carbocycles. The van der Waals surface area contributed by atoms with Crippen molar-refractivity contribution < 1.29 is 9.53 Å². The van der Waals surface area contributed by atoms with Gasteiger partial charge in [-0.3, -0.25) is 4.79 Å². The number of hydrazone groups is 1. The van der Waals surface area contributed by atoms with Crippen LogP contribution < -0.4 is 15.1 Å². The fraction of sp³-hybridized carbons (Fsp3) is 0.400. The summed E-state index contributed by atoms with van der Waals surface area (Å²) in [4.78, 5) is 13.9. The van der Waals surface area contributed by atoms with Crippen molar-refractivity contribution in [2.24, 2.45) is 5.10 Å². The Morgan fingerprint density at radius 1 is 1.42 bits per heavy atom. The number of hydrogen-bond acceptors (Lipinski definition) is 7. The van der Waals surface area contributed by atoms with Gasteiger partial charge in [0.25, 0.3) is 0 Å². The van der Waals surface area contributed by atoms with Gasteiger partial charge in [0.15, 0.2) is 5.82 Å². The maximum Gasteiger partial charge on any atom is 0.247 e. The quantitative estimate of drug-likeness (QED) is 0.546. The number of rotatable bonds is 8. The second-order valence-corrected chi connectivity index (χ2v) is 4.90. The van der Waals surface area contributed by atoms with E-state index >= 15 is 0 Å². The SMILES string of the molecule is CCN(CC)c1ccc(/C=N\NC(=O)Cc2nn[nH]n2)c(OC)c1. The van der Waals surface area contributed by atoms with Crippen molar-refractivity contribution in [2.75, 3.05) is 25.1 Å². The van der Waals surface area contributed by atoms with E-state index < -0.39 is 0 Å². The zero-order valence-corrected chi connectivity index (χ0v) is 14.0. The number of nitrogens with one attached hydrogen (secondary N) is 2. The summed E-state index contributed by atoms with van der Waals surface area (Å²) in [6.45, 7) is 6.04. The van der Waals surface area contributed by atoms with Crippen LogP contribution in [0.25, 0.3) is 0 Å². The van der Waals surface area contributed by atoms with Crippen LogP contribution in [0, 0.1) is 0 Å². The Hall–Kier alpha value is -2.97. The van der Waals surface area contributed by atoms with Gasteiger partial charge in [0.2, 0.25) is 5.91 Å². The molecule has 0 fully saturated rings. The van der Waals surface area contributed by atoms with Gasteiger partial charge in [-0.1, -0.05) is 5.21 Å². The van der Waals surface area contributed by atoms with Gasteiger partial charge in [-0.05, 0) is 26.0 Å². The van der Waals surface area contributed by atoms with Gasteiger partial charge in [-0.25, -0.2) is 5.43 Å². The van der Waals surface area contributed by atoms with Crippen LogP contribution in [-0.2, 0) is 11.2 Å². The number of tetrazole rings is 1. The van der Waals surface area contributed by atoms with Crippen molar-refractivity contribution in [1.82, 2.24) is 26.0 Å². The number of aromatic nitrogens is 4. The Labute approximate surface area is 140 Å². The van der Waals surface area contributed by atoms with E-state index in [0.29, 0.717) is 11.6 Å². The summed E-state index contributed by atoms with van der Waals surface area (Å²) in [6, 6.07) is 5.86. The normalized spacial score (nSPS) is 10.8. The van der Waals surface area contributed by atoms with Crippen molar-refractivity contribution >= 4 is 17.8 Å². The summed E-state index contributed by atoms with van der Waals surface area (Å²) >= 11 is 0. The molecule has 24 heavy (non-hydrogen) atoms. The van der Waals surface area contributed by atoms with Crippen molar-refractivity contribution in [1.29, 1.82) is 0 Å². The third kappa shape index (κ3) is 4.51. The molecule has 9 heteroatoms. The number of ether oxygens (including phenoxy) is 1. The first-order valence-electron chi connectivity index (χ1n) is 7.65. The lowest BCUT2D eigenvalue weighted by molar-refractivity contribution is -0.120. The highest BCUT2D eigenvalue weighted by Gasteiger charge is 2.08. The van der Waals surface area contributed by atoms with Gasteiger partial charge in [-0.15, -0.1) is 10.2 Å². The fourth-order valence-electron chi connectivity index (χ4n) is 2.21. The molecule has 2 N–H and O–H groups in total. The van der Waals surface area contributed by atoms with E-state index in [1.165, 1.54) is 0 Å². The van der Waals surface area contributed by atoms with E-state index in [4.69, 9.17) is 4.74 Å². The number of benzene rings is 1. The highest BCUT2D eigenvalue weighted by atomic mass is 16.5. The largest absolute Gasteiger partial charge is 0.496 e. The fourth-order valence-corrected chi connectivity index (χ4v) is 2.21. The van der Waals surface area contributed by atoms with Crippen molar-refractivity contribution in [3.8, 4) is 5.75 Å².